The topological polar surface area (TPSA) is 71.1 Å². The monoisotopic (exact) mass is 368 g/mol. The van der Waals surface area contributed by atoms with Gasteiger partial charge in [0.1, 0.15) is 0 Å². The second kappa shape index (κ2) is 10.1. The van der Waals surface area contributed by atoms with Crippen molar-refractivity contribution in [2.45, 2.75) is 70.7 Å². The molecule has 0 amide bonds. The zero-order valence-corrected chi connectivity index (χ0v) is 16.2. The number of carbonyl (C=O) groups excluding carboxylic acids is 2. The number of allylic oxidation sites excluding steroid dienone is 1. The van der Waals surface area contributed by atoms with Gasteiger partial charge in [0.15, 0.2) is 11.7 Å². The molecule has 0 N–H and O–H groups in total. The highest BCUT2D eigenvalue weighted by molar-refractivity contribution is 6.04. The highest BCUT2D eigenvalue weighted by atomic mass is 16.7. The molecular weight excluding hydrogens is 336 g/mol. The molecule has 2 rings (SSSR count). The summed E-state index contributed by atoms with van der Waals surface area (Å²) in [5.74, 6) is -1.26. The molecule has 6 heteroatoms. The summed E-state index contributed by atoms with van der Waals surface area (Å²) in [6, 6.07) is 0. The van der Waals surface area contributed by atoms with E-state index in [1.807, 2.05) is 12.2 Å². The average molecular weight is 368 g/mol. The van der Waals surface area contributed by atoms with Crippen LogP contribution in [0.5, 0.6) is 0 Å². The molecule has 26 heavy (non-hydrogen) atoms. The van der Waals surface area contributed by atoms with Crippen molar-refractivity contribution in [3.8, 4) is 0 Å². The number of rotatable bonds is 10. The van der Waals surface area contributed by atoms with E-state index in [1.54, 1.807) is 0 Å². The van der Waals surface area contributed by atoms with Crippen molar-refractivity contribution < 1.29 is 28.5 Å². The minimum absolute atomic E-state index is 0.0711. The molecule has 0 bridgehead atoms. The molecule has 3 atom stereocenters. The van der Waals surface area contributed by atoms with Crippen LogP contribution in [0.25, 0.3) is 0 Å². The number of esters is 2. The van der Waals surface area contributed by atoms with Crippen LogP contribution in [0.1, 0.15) is 58.3 Å². The van der Waals surface area contributed by atoms with Gasteiger partial charge in [0, 0.05) is 12.5 Å². The first-order valence-electron chi connectivity index (χ1n) is 9.70. The summed E-state index contributed by atoms with van der Waals surface area (Å²) in [4.78, 5) is 24.1. The number of hydrogen-bond acceptors (Lipinski definition) is 6. The molecule has 6 nitrogen and oxygen atoms in total. The molecule has 2 aliphatic rings. The Balaban J connectivity index is 1.99. The number of methoxy groups -OCH3 is 2. The van der Waals surface area contributed by atoms with Crippen LogP contribution in [0.3, 0.4) is 0 Å². The van der Waals surface area contributed by atoms with Gasteiger partial charge in [0.05, 0.1) is 20.3 Å². The molecule has 1 aliphatic heterocycles. The molecular formula is C20H32O6. The van der Waals surface area contributed by atoms with E-state index in [4.69, 9.17) is 18.9 Å². The Kier molecular flexibility index (Phi) is 8.10. The summed E-state index contributed by atoms with van der Waals surface area (Å²) >= 11 is 0. The average Bonchev–Trinajstić information content (AvgIpc) is 3.41. The molecule has 0 spiro atoms. The predicted molar refractivity (Wildman–Crippen MR) is 96.3 cm³/mol. The van der Waals surface area contributed by atoms with Gasteiger partial charge in [-0.05, 0) is 32.1 Å². The maximum absolute atomic E-state index is 12.1. The van der Waals surface area contributed by atoms with E-state index in [-0.39, 0.29) is 18.3 Å². The van der Waals surface area contributed by atoms with Gasteiger partial charge >= 0.3 is 11.9 Å². The summed E-state index contributed by atoms with van der Waals surface area (Å²) in [7, 11) is 2.59. The van der Waals surface area contributed by atoms with Crippen molar-refractivity contribution in [3.05, 3.63) is 12.2 Å². The third-order valence-corrected chi connectivity index (χ3v) is 5.23. The van der Waals surface area contributed by atoms with Crippen molar-refractivity contribution in [1.82, 2.24) is 0 Å². The Hall–Kier alpha value is -1.40. The van der Waals surface area contributed by atoms with Gasteiger partial charge in [-0.1, -0.05) is 38.3 Å². The molecule has 0 aromatic rings. The normalized spacial score (nSPS) is 25.7. The van der Waals surface area contributed by atoms with E-state index in [2.05, 4.69) is 6.92 Å². The van der Waals surface area contributed by atoms with Crippen LogP contribution in [0.2, 0.25) is 0 Å². The predicted octanol–water partition coefficient (Wildman–Crippen LogP) is 3.39. The zero-order valence-electron chi connectivity index (χ0n) is 16.2. The molecule has 1 saturated carbocycles. The van der Waals surface area contributed by atoms with Crippen LogP contribution in [-0.4, -0.2) is 45.2 Å². The van der Waals surface area contributed by atoms with E-state index in [1.165, 1.54) is 14.2 Å². The summed E-state index contributed by atoms with van der Waals surface area (Å²) in [6.07, 6.45) is 11.5. The van der Waals surface area contributed by atoms with E-state index < -0.39 is 17.4 Å². The van der Waals surface area contributed by atoms with Crippen LogP contribution in [0.4, 0.5) is 0 Å². The van der Waals surface area contributed by atoms with Crippen LogP contribution in [0.15, 0.2) is 12.2 Å². The Morgan fingerprint density at radius 1 is 1.19 bits per heavy atom. The van der Waals surface area contributed by atoms with E-state index in [9.17, 15) is 9.59 Å². The Morgan fingerprint density at radius 2 is 1.92 bits per heavy atom. The Morgan fingerprint density at radius 3 is 2.50 bits per heavy atom. The molecule has 2 fully saturated rings. The van der Waals surface area contributed by atoms with Crippen LogP contribution < -0.4 is 0 Å². The number of unbranched alkanes of at least 4 members (excludes halogenated alkanes) is 2. The quantitative estimate of drug-likeness (QED) is 0.255. The van der Waals surface area contributed by atoms with E-state index in [0.29, 0.717) is 6.42 Å². The molecule has 3 unspecified atom stereocenters. The van der Waals surface area contributed by atoms with Gasteiger partial charge in [-0.3, -0.25) is 9.59 Å². The SMILES string of the molecule is CCCCCC(/C=C/C1CC1(C(=O)OC)C(=O)OC)OC1CCCCO1. The van der Waals surface area contributed by atoms with Crippen molar-refractivity contribution in [1.29, 1.82) is 0 Å². The molecule has 0 aromatic carbocycles. The third-order valence-electron chi connectivity index (χ3n) is 5.23. The molecule has 1 aliphatic carbocycles. The molecule has 1 saturated heterocycles. The summed E-state index contributed by atoms with van der Waals surface area (Å²) in [5.41, 5.74) is -1.19. The van der Waals surface area contributed by atoms with E-state index in [0.717, 1.165) is 51.6 Å². The lowest BCUT2D eigenvalue weighted by Crippen LogP contribution is -2.30. The van der Waals surface area contributed by atoms with Crippen molar-refractivity contribution >= 4 is 11.9 Å². The minimum Gasteiger partial charge on any atom is -0.468 e. The van der Waals surface area contributed by atoms with Crippen molar-refractivity contribution in [2.24, 2.45) is 11.3 Å². The van der Waals surface area contributed by atoms with Gasteiger partial charge in [0.2, 0.25) is 0 Å². The number of ether oxygens (including phenoxy) is 4. The van der Waals surface area contributed by atoms with Crippen LogP contribution in [0, 0.1) is 11.3 Å². The van der Waals surface area contributed by atoms with Gasteiger partial charge in [-0.15, -0.1) is 0 Å². The van der Waals surface area contributed by atoms with Crippen molar-refractivity contribution in [2.75, 3.05) is 20.8 Å². The smallest absolute Gasteiger partial charge is 0.323 e. The Labute approximate surface area is 156 Å². The lowest BCUT2D eigenvalue weighted by Gasteiger charge is -2.26. The standard InChI is InChI=1S/C20H32O6/c1-4-5-6-9-16(26-17-10-7-8-13-25-17)12-11-15-14-20(15,18(21)23-2)19(22)24-3/h11-12,15-17H,4-10,13-14H2,1-3H3/b12-11+. The second-order valence-corrected chi connectivity index (χ2v) is 7.12. The maximum atomic E-state index is 12.1. The summed E-state index contributed by atoms with van der Waals surface area (Å²) in [5, 5.41) is 0. The lowest BCUT2D eigenvalue weighted by molar-refractivity contribution is -0.179. The first-order valence-corrected chi connectivity index (χ1v) is 9.70. The third kappa shape index (κ3) is 5.07. The van der Waals surface area contributed by atoms with Gasteiger partial charge in [0.25, 0.3) is 0 Å². The second-order valence-electron chi connectivity index (χ2n) is 7.12. The number of hydrogen-bond donors (Lipinski definition) is 0. The van der Waals surface area contributed by atoms with Gasteiger partial charge in [-0.2, -0.15) is 0 Å². The largest absolute Gasteiger partial charge is 0.468 e. The molecule has 1 heterocycles. The molecule has 0 aromatic heterocycles. The van der Waals surface area contributed by atoms with Crippen molar-refractivity contribution in [3.63, 3.8) is 0 Å². The number of carbonyl (C=O) groups is 2. The highest BCUT2D eigenvalue weighted by Crippen LogP contribution is 2.55. The maximum Gasteiger partial charge on any atom is 0.323 e. The van der Waals surface area contributed by atoms with E-state index >= 15 is 0 Å². The minimum atomic E-state index is -1.19. The molecule has 0 radical (unpaired) electrons. The zero-order chi connectivity index (χ0) is 19.0. The summed E-state index contributed by atoms with van der Waals surface area (Å²) < 4.78 is 21.4. The first kappa shape index (κ1) is 20.9. The fourth-order valence-corrected chi connectivity index (χ4v) is 3.51. The fourth-order valence-electron chi connectivity index (χ4n) is 3.51. The lowest BCUT2D eigenvalue weighted by atomic mass is 10.0. The summed E-state index contributed by atoms with van der Waals surface area (Å²) in [6.45, 7) is 2.91. The Bertz CT molecular complexity index is 479. The van der Waals surface area contributed by atoms with Crippen LogP contribution in [-0.2, 0) is 28.5 Å². The highest BCUT2D eigenvalue weighted by Gasteiger charge is 2.66. The first-order chi connectivity index (χ1) is 12.6. The van der Waals surface area contributed by atoms with Crippen LogP contribution >= 0.6 is 0 Å². The fraction of sp³-hybridized carbons (Fsp3) is 0.800. The van der Waals surface area contributed by atoms with Gasteiger partial charge in [-0.25, -0.2) is 0 Å². The van der Waals surface area contributed by atoms with Gasteiger partial charge < -0.3 is 18.9 Å². The molecule has 148 valence electrons.